The maximum absolute atomic E-state index is 11.8. The summed E-state index contributed by atoms with van der Waals surface area (Å²) in [4.78, 5) is 22.8. The van der Waals surface area contributed by atoms with Crippen LogP contribution in [0.2, 0.25) is 0 Å². The minimum atomic E-state index is -1.51. The van der Waals surface area contributed by atoms with Crippen LogP contribution in [-0.2, 0) is 28.9 Å². The van der Waals surface area contributed by atoms with Gasteiger partial charge in [0.05, 0.1) is 6.61 Å². The minimum absolute atomic E-state index is 0.196. The third kappa shape index (κ3) is 5.55. The fourth-order valence-electron chi connectivity index (χ4n) is 5.42. The molecule has 2 aromatic rings. The van der Waals surface area contributed by atoms with Crippen LogP contribution in [0.5, 0.6) is 23.0 Å². The Bertz CT molecular complexity index is 1100. The number of hydrogen-bond acceptors (Lipinski definition) is 5. The van der Waals surface area contributed by atoms with Gasteiger partial charge in [-0.2, -0.15) is 0 Å². The molecule has 1 fully saturated rings. The van der Waals surface area contributed by atoms with E-state index in [-0.39, 0.29) is 5.75 Å². The largest absolute Gasteiger partial charge is 0.508 e. The Kier molecular flexibility index (Phi) is 7.83. The second kappa shape index (κ2) is 11.0. The minimum Gasteiger partial charge on any atom is -0.508 e. The van der Waals surface area contributed by atoms with Crippen molar-refractivity contribution in [2.24, 2.45) is 5.92 Å². The van der Waals surface area contributed by atoms with E-state index < -0.39 is 11.9 Å². The van der Waals surface area contributed by atoms with Gasteiger partial charge in [-0.3, -0.25) is 4.79 Å². The highest BCUT2D eigenvalue weighted by Crippen LogP contribution is 2.45. The smallest absolute Gasteiger partial charge is 0.394 e. The summed E-state index contributed by atoms with van der Waals surface area (Å²) < 4.78 is 12.7. The van der Waals surface area contributed by atoms with Crippen LogP contribution < -0.4 is 14.8 Å². The fourth-order valence-corrected chi connectivity index (χ4v) is 5.42. The lowest BCUT2D eigenvalue weighted by molar-refractivity contribution is -0.147. The summed E-state index contributed by atoms with van der Waals surface area (Å²) in [6, 6.07) is 5.15. The molecule has 0 unspecified atom stereocenters. The number of carbonyl (C=O) groups is 2. The summed E-state index contributed by atoms with van der Waals surface area (Å²) in [6.45, 7) is 4.44. The average molecular weight is 482 g/mol. The second-order valence-electron chi connectivity index (χ2n) is 9.63. The van der Waals surface area contributed by atoms with E-state index in [2.05, 4.69) is 5.32 Å². The lowest BCUT2D eigenvalue weighted by Gasteiger charge is -2.23. The van der Waals surface area contributed by atoms with Gasteiger partial charge in [-0.05, 0) is 74.3 Å². The van der Waals surface area contributed by atoms with Crippen LogP contribution in [0.1, 0.15) is 74.1 Å². The van der Waals surface area contributed by atoms with E-state index in [0.29, 0.717) is 41.9 Å². The number of carboxylic acids is 1. The van der Waals surface area contributed by atoms with Crippen LogP contribution in [0.25, 0.3) is 0 Å². The van der Waals surface area contributed by atoms with Gasteiger partial charge in [0.2, 0.25) is 0 Å². The van der Waals surface area contributed by atoms with E-state index >= 15 is 0 Å². The topological polar surface area (TPSA) is 105 Å². The molecular weight excluding hydrogens is 446 g/mol. The number of anilines is 1. The second-order valence-corrected chi connectivity index (χ2v) is 9.63. The van der Waals surface area contributed by atoms with Gasteiger partial charge in [0.1, 0.15) is 11.5 Å². The first-order valence-corrected chi connectivity index (χ1v) is 12.7. The van der Waals surface area contributed by atoms with E-state index in [0.717, 1.165) is 47.9 Å². The molecule has 35 heavy (non-hydrogen) atoms. The van der Waals surface area contributed by atoms with Crippen molar-refractivity contribution in [2.45, 2.75) is 78.1 Å². The van der Waals surface area contributed by atoms with Crippen LogP contribution in [-0.4, -0.2) is 28.7 Å². The van der Waals surface area contributed by atoms with Gasteiger partial charge in [-0.1, -0.05) is 39.0 Å². The zero-order valence-electron chi connectivity index (χ0n) is 20.6. The number of aryl methyl sites for hydroxylation is 1. The molecule has 7 heteroatoms. The van der Waals surface area contributed by atoms with Crippen molar-refractivity contribution in [3.05, 3.63) is 40.5 Å². The summed E-state index contributed by atoms with van der Waals surface area (Å²) in [5.74, 6) is 0.167. The molecule has 1 saturated carbocycles. The van der Waals surface area contributed by atoms with Gasteiger partial charge in [-0.25, -0.2) is 4.79 Å². The Balaban J connectivity index is 1.61. The molecular formula is C28H35NO6. The summed E-state index contributed by atoms with van der Waals surface area (Å²) in [5.41, 5.74) is 3.94. The molecule has 7 nitrogen and oxygen atoms in total. The zero-order chi connectivity index (χ0) is 24.9. The number of phenolic OH excluding ortho intramolecular Hbond substituents is 1. The van der Waals surface area contributed by atoms with E-state index in [9.17, 15) is 14.7 Å². The number of carboxylic acid groups (broad SMARTS) is 1. The Labute approximate surface area is 206 Å². The maximum atomic E-state index is 11.8. The van der Waals surface area contributed by atoms with Gasteiger partial charge < -0.3 is 25.0 Å². The van der Waals surface area contributed by atoms with E-state index in [1.54, 1.807) is 18.2 Å². The Morgan fingerprint density at radius 1 is 1.06 bits per heavy atom. The number of nitrogens with one attached hydrogen (secondary N) is 1. The van der Waals surface area contributed by atoms with E-state index in [1.165, 1.54) is 32.1 Å². The third-order valence-corrected chi connectivity index (χ3v) is 7.24. The quantitative estimate of drug-likeness (QED) is 0.405. The van der Waals surface area contributed by atoms with Crippen molar-refractivity contribution in [3.63, 3.8) is 0 Å². The van der Waals surface area contributed by atoms with Gasteiger partial charge in [-0.15, -0.1) is 0 Å². The number of hydrogen-bond donors (Lipinski definition) is 3. The van der Waals surface area contributed by atoms with Crippen molar-refractivity contribution in [3.8, 4) is 23.0 Å². The van der Waals surface area contributed by atoms with Crippen molar-refractivity contribution in [1.29, 1.82) is 0 Å². The molecule has 0 aliphatic heterocycles. The fraction of sp³-hybridized carbons (Fsp3) is 0.500. The molecule has 2 aliphatic rings. The third-order valence-electron chi connectivity index (χ3n) is 7.24. The summed E-state index contributed by atoms with van der Waals surface area (Å²) in [7, 11) is 0. The normalized spacial score (nSPS) is 15.5. The van der Waals surface area contributed by atoms with E-state index in [1.807, 2.05) is 13.8 Å². The number of aliphatic carboxylic acids is 1. The van der Waals surface area contributed by atoms with Crippen molar-refractivity contribution in [2.75, 3.05) is 11.9 Å². The lowest BCUT2D eigenvalue weighted by Crippen LogP contribution is -2.22. The standard InChI is InChI=1S/C28H35NO6/c1-3-19-23(30)12-13-24(26(19)34-15-14-18-8-5-4-6-9-18)35-25-17(2)16-22(29-27(31)28(32)33)20-10-7-11-21(20)25/h12-13,16,18,30H,3-11,14-15H2,1-2H3,(H,29,31)(H,32,33). The molecule has 3 N–H and O–H groups in total. The lowest BCUT2D eigenvalue weighted by atomic mass is 9.87. The van der Waals surface area contributed by atoms with Crippen molar-refractivity contribution >= 4 is 17.6 Å². The first-order valence-electron chi connectivity index (χ1n) is 12.7. The van der Waals surface area contributed by atoms with Crippen LogP contribution >= 0.6 is 0 Å². The number of rotatable bonds is 8. The first kappa shape index (κ1) is 24.9. The first-order chi connectivity index (χ1) is 16.9. The molecule has 2 aromatic carbocycles. The monoisotopic (exact) mass is 481 g/mol. The van der Waals surface area contributed by atoms with Gasteiger partial charge in [0.25, 0.3) is 0 Å². The molecule has 0 aromatic heterocycles. The van der Waals surface area contributed by atoms with Crippen molar-refractivity contribution in [1.82, 2.24) is 0 Å². The molecule has 4 rings (SSSR count). The predicted octanol–water partition coefficient (Wildman–Crippen LogP) is 5.92. The number of ether oxygens (including phenoxy) is 2. The van der Waals surface area contributed by atoms with Crippen LogP contribution in [0, 0.1) is 12.8 Å². The van der Waals surface area contributed by atoms with E-state index in [4.69, 9.17) is 14.6 Å². The Morgan fingerprint density at radius 3 is 2.51 bits per heavy atom. The van der Waals surface area contributed by atoms with Gasteiger partial charge in [0, 0.05) is 16.8 Å². The van der Waals surface area contributed by atoms with Crippen LogP contribution in [0.3, 0.4) is 0 Å². The average Bonchev–Trinajstić information content (AvgIpc) is 3.33. The SMILES string of the molecule is CCc1c(O)ccc(Oc2c(C)cc(NC(=O)C(=O)O)c3c2CCC3)c1OCCC1CCCCC1. The van der Waals surface area contributed by atoms with Crippen molar-refractivity contribution < 1.29 is 29.3 Å². The highest BCUT2D eigenvalue weighted by atomic mass is 16.5. The number of benzene rings is 2. The highest BCUT2D eigenvalue weighted by molar-refractivity contribution is 6.36. The molecule has 0 saturated heterocycles. The highest BCUT2D eigenvalue weighted by Gasteiger charge is 2.26. The van der Waals surface area contributed by atoms with Crippen LogP contribution in [0.4, 0.5) is 5.69 Å². The molecule has 0 radical (unpaired) electrons. The summed E-state index contributed by atoms with van der Waals surface area (Å²) >= 11 is 0. The molecule has 188 valence electrons. The molecule has 2 aliphatic carbocycles. The molecule has 0 spiro atoms. The molecule has 1 amide bonds. The summed E-state index contributed by atoms with van der Waals surface area (Å²) in [6.07, 6.45) is 10.4. The Hall–Kier alpha value is -3.22. The molecule has 0 heterocycles. The number of carbonyl (C=O) groups excluding carboxylic acids is 1. The predicted molar refractivity (Wildman–Crippen MR) is 134 cm³/mol. The number of aromatic hydroxyl groups is 1. The zero-order valence-corrected chi connectivity index (χ0v) is 20.6. The Morgan fingerprint density at radius 2 is 1.80 bits per heavy atom. The number of phenols is 1. The maximum Gasteiger partial charge on any atom is 0.394 e. The summed E-state index contributed by atoms with van der Waals surface area (Å²) in [5, 5.41) is 22.0. The van der Waals surface area contributed by atoms with Gasteiger partial charge in [0.15, 0.2) is 11.5 Å². The number of fused-ring (bicyclic) bond motifs is 1. The molecule has 0 atom stereocenters. The van der Waals surface area contributed by atoms with Crippen LogP contribution in [0.15, 0.2) is 18.2 Å². The molecule has 0 bridgehead atoms. The number of amides is 1. The van der Waals surface area contributed by atoms with Gasteiger partial charge >= 0.3 is 11.9 Å².